The Morgan fingerprint density at radius 2 is 2.29 bits per heavy atom. The van der Waals surface area contributed by atoms with E-state index < -0.39 is 4.92 Å². The fraction of sp³-hybridized carbons (Fsp3) is 0. The number of nitriles is 1. The number of thiocyanates is 1. The van der Waals surface area contributed by atoms with E-state index in [-0.39, 0.29) is 11.4 Å². The molecule has 0 amide bonds. The van der Waals surface area contributed by atoms with Gasteiger partial charge in [-0.1, -0.05) is 5.46 Å². The summed E-state index contributed by atoms with van der Waals surface area (Å²) in [6, 6.07) is 2.82. The third-order valence-corrected chi connectivity index (χ3v) is 2.43. The van der Waals surface area contributed by atoms with Crippen LogP contribution in [-0.4, -0.2) is 12.8 Å². The summed E-state index contributed by atoms with van der Waals surface area (Å²) in [5.41, 5.74) is 6.10. The van der Waals surface area contributed by atoms with Gasteiger partial charge in [0.2, 0.25) is 0 Å². The van der Waals surface area contributed by atoms with E-state index in [2.05, 4.69) is 0 Å². The minimum Gasteiger partial charge on any atom is -0.393 e. The van der Waals surface area contributed by atoms with Crippen molar-refractivity contribution in [2.75, 3.05) is 5.73 Å². The van der Waals surface area contributed by atoms with Gasteiger partial charge in [-0.15, -0.1) is 0 Å². The van der Waals surface area contributed by atoms with Crippen LogP contribution in [0.2, 0.25) is 0 Å². The van der Waals surface area contributed by atoms with Gasteiger partial charge in [-0.25, -0.2) is 0 Å². The topological polar surface area (TPSA) is 92.9 Å². The molecule has 0 aliphatic rings. The zero-order chi connectivity index (χ0) is 10.7. The molecule has 0 fully saturated rings. The van der Waals surface area contributed by atoms with Crippen LogP contribution in [0.1, 0.15) is 0 Å². The first kappa shape index (κ1) is 10.4. The summed E-state index contributed by atoms with van der Waals surface area (Å²) in [7, 11) is 1.70. The van der Waals surface area contributed by atoms with Crippen molar-refractivity contribution in [3.8, 4) is 5.40 Å². The molecular formula is C7H6BN3O2S. The van der Waals surface area contributed by atoms with Gasteiger partial charge in [0.1, 0.15) is 18.9 Å². The van der Waals surface area contributed by atoms with Crippen LogP contribution in [0.25, 0.3) is 0 Å². The Bertz CT molecular complexity index is 430. The van der Waals surface area contributed by atoms with Crippen LogP contribution < -0.4 is 11.2 Å². The molecule has 1 aromatic carbocycles. The number of nitrogen functional groups attached to an aromatic ring is 1. The number of nitrogens with zero attached hydrogens (tertiary/aromatic N) is 2. The van der Waals surface area contributed by atoms with Crippen molar-refractivity contribution in [2.45, 2.75) is 4.90 Å². The Labute approximate surface area is 85.5 Å². The molecule has 0 heterocycles. The maximum Gasteiger partial charge on any atom is 0.291 e. The Balaban J connectivity index is 3.25. The molecule has 0 saturated heterocycles. The molecule has 14 heavy (non-hydrogen) atoms. The summed E-state index contributed by atoms with van der Waals surface area (Å²) in [5, 5.41) is 20.8. The first-order valence-corrected chi connectivity index (χ1v) is 4.48. The van der Waals surface area contributed by atoms with Gasteiger partial charge >= 0.3 is 0 Å². The Hall–Kier alpha value is -1.68. The number of nitro groups is 1. The Morgan fingerprint density at radius 1 is 1.64 bits per heavy atom. The zero-order valence-electron chi connectivity index (χ0n) is 7.35. The van der Waals surface area contributed by atoms with E-state index >= 15 is 0 Å². The monoisotopic (exact) mass is 207 g/mol. The van der Waals surface area contributed by atoms with Crippen LogP contribution in [0.3, 0.4) is 0 Å². The molecule has 70 valence electrons. The minimum absolute atomic E-state index is 0.0818. The highest BCUT2D eigenvalue weighted by molar-refractivity contribution is 8.04. The quantitative estimate of drug-likeness (QED) is 0.184. The van der Waals surface area contributed by atoms with E-state index in [0.717, 1.165) is 11.8 Å². The minimum atomic E-state index is -0.539. The summed E-state index contributed by atoms with van der Waals surface area (Å²) in [6.45, 7) is 0. The maximum atomic E-state index is 10.5. The molecular weight excluding hydrogens is 201 g/mol. The largest absolute Gasteiger partial charge is 0.393 e. The van der Waals surface area contributed by atoms with Gasteiger partial charge in [-0.3, -0.25) is 10.1 Å². The lowest BCUT2D eigenvalue weighted by Crippen LogP contribution is -2.09. The van der Waals surface area contributed by atoms with Crippen molar-refractivity contribution < 1.29 is 4.92 Å². The lowest BCUT2D eigenvalue weighted by Gasteiger charge is -2.02. The number of anilines is 1. The van der Waals surface area contributed by atoms with E-state index in [1.165, 1.54) is 12.1 Å². The molecule has 0 atom stereocenters. The third kappa shape index (κ3) is 1.97. The summed E-state index contributed by atoms with van der Waals surface area (Å²) in [6.07, 6.45) is 0. The van der Waals surface area contributed by atoms with Gasteiger partial charge in [0.05, 0.1) is 4.92 Å². The van der Waals surface area contributed by atoms with Crippen LogP contribution in [0.15, 0.2) is 17.0 Å². The normalized spacial score (nSPS) is 9.36. The standard InChI is InChI=1S/C7H6BN3O2S/c8-4-1-6(11(12)13)5(10)2-7(4)14-3-9/h1-2H,8,10H2. The third-order valence-electron chi connectivity index (χ3n) is 1.68. The predicted octanol–water partition coefficient (Wildman–Crippen LogP) is 0.00858. The van der Waals surface area contributed by atoms with Crippen molar-refractivity contribution in [1.82, 2.24) is 0 Å². The van der Waals surface area contributed by atoms with Gasteiger partial charge in [0, 0.05) is 11.0 Å². The molecule has 0 unspecified atom stereocenters. The average molecular weight is 207 g/mol. The smallest absolute Gasteiger partial charge is 0.291 e. The SMILES string of the molecule is Bc1cc([N+](=O)[O-])c(N)cc1SC#N. The fourth-order valence-electron chi connectivity index (χ4n) is 1.01. The molecule has 0 aliphatic heterocycles. The maximum absolute atomic E-state index is 10.5. The molecule has 7 heteroatoms. The fourth-order valence-corrected chi connectivity index (χ4v) is 1.51. The van der Waals surface area contributed by atoms with E-state index in [9.17, 15) is 10.1 Å². The van der Waals surface area contributed by atoms with Gasteiger partial charge < -0.3 is 5.73 Å². The molecule has 1 rings (SSSR count). The highest BCUT2D eigenvalue weighted by Crippen LogP contribution is 2.25. The van der Waals surface area contributed by atoms with Crippen molar-refractivity contribution >= 4 is 36.4 Å². The second kappa shape index (κ2) is 4.02. The van der Waals surface area contributed by atoms with Crippen molar-refractivity contribution in [2.24, 2.45) is 0 Å². The van der Waals surface area contributed by atoms with Gasteiger partial charge in [-0.2, -0.15) is 5.26 Å². The number of thioether (sulfide) groups is 1. The lowest BCUT2D eigenvalue weighted by molar-refractivity contribution is -0.383. The van der Waals surface area contributed by atoms with Gasteiger partial charge in [0.15, 0.2) is 0 Å². The molecule has 2 N–H and O–H groups in total. The molecule has 0 saturated carbocycles. The van der Waals surface area contributed by atoms with Crippen molar-refractivity contribution in [1.29, 1.82) is 5.26 Å². The Kier molecular flexibility index (Phi) is 2.99. The highest BCUT2D eigenvalue weighted by atomic mass is 32.2. The first-order chi connectivity index (χ1) is 6.56. The second-order valence-electron chi connectivity index (χ2n) is 2.63. The number of benzene rings is 1. The van der Waals surface area contributed by atoms with Gasteiger partial charge in [0.25, 0.3) is 5.69 Å². The van der Waals surface area contributed by atoms with E-state index in [1.807, 2.05) is 5.40 Å². The van der Waals surface area contributed by atoms with Crippen LogP contribution in [0.4, 0.5) is 11.4 Å². The number of hydrogen-bond donors (Lipinski definition) is 1. The van der Waals surface area contributed by atoms with Crippen molar-refractivity contribution in [3.63, 3.8) is 0 Å². The molecule has 5 nitrogen and oxygen atoms in total. The van der Waals surface area contributed by atoms with E-state index in [4.69, 9.17) is 11.0 Å². The molecule has 1 aromatic rings. The predicted molar refractivity (Wildman–Crippen MR) is 57.2 cm³/mol. The molecule has 0 spiro atoms. The summed E-state index contributed by atoms with van der Waals surface area (Å²) < 4.78 is 0. The molecule has 0 radical (unpaired) electrons. The first-order valence-electron chi connectivity index (χ1n) is 3.66. The van der Waals surface area contributed by atoms with Crippen LogP contribution >= 0.6 is 11.8 Å². The Morgan fingerprint density at radius 3 is 2.79 bits per heavy atom. The molecule has 0 bridgehead atoms. The van der Waals surface area contributed by atoms with Gasteiger partial charge in [-0.05, 0) is 17.8 Å². The molecule has 0 aromatic heterocycles. The second-order valence-corrected chi connectivity index (χ2v) is 3.45. The summed E-state index contributed by atoms with van der Waals surface area (Å²) in [5.74, 6) is 0. The number of nitro benzene ring substituents is 1. The number of nitrogens with two attached hydrogens (primary N) is 1. The number of hydrogen-bond acceptors (Lipinski definition) is 5. The average Bonchev–Trinajstić information content (AvgIpc) is 2.10. The van der Waals surface area contributed by atoms with Crippen molar-refractivity contribution in [3.05, 3.63) is 22.2 Å². The van der Waals surface area contributed by atoms with Crippen LogP contribution in [-0.2, 0) is 0 Å². The summed E-state index contributed by atoms with van der Waals surface area (Å²) >= 11 is 0.939. The van der Waals surface area contributed by atoms with Crippen LogP contribution in [0.5, 0.6) is 0 Å². The summed E-state index contributed by atoms with van der Waals surface area (Å²) in [4.78, 5) is 10.6. The molecule has 0 aliphatic carbocycles. The zero-order valence-corrected chi connectivity index (χ0v) is 8.17. The lowest BCUT2D eigenvalue weighted by atomic mass is 9.95. The van der Waals surface area contributed by atoms with E-state index in [0.29, 0.717) is 10.4 Å². The van der Waals surface area contributed by atoms with Crippen LogP contribution in [0, 0.1) is 20.8 Å². The van der Waals surface area contributed by atoms with E-state index in [1.54, 1.807) is 7.85 Å². The highest BCUT2D eigenvalue weighted by Gasteiger charge is 2.13. The number of rotatable bonds is 2.